The SMILES string of the molecule is C=CCn1c(SCC(=O)c2cccc(OC)c2)nc2ccccc21. The van der Waals surface area contributed by atoms with Crippen molar-refractivity contribution in [2.24, 2.45) is 0 Å². The van der Waals surface area contributed by atoms with Crippen LogP contribution in [0.15, 0.2) is 66.3 Å². The highest BCUT2D eigenvalue weighted by Gasteiger charge is 2.13. The molecule has 0 aliphatic carbocycles. The number of hydrogen-bond donors (Lipinski definition) is 0. The number of fused-ring (bicyclic) bond motifs is 1. The summed E-state index contributed by atoms with van der Waals surface area (Å²) in [6.45, 7) is 4.47. The topological polar surface area (TPSA) is 44.1 Å². The molecular formula is C19H18N2O2S. The number of allylic oxidation sites excluding steroid dienone is 1. The maximum absolute atomic E-state index is 12.4. The van der Waals surface area contributed by atoms with Crippen LogP contribution in [0.4, 0.5) is 0 Å². The fraction of sp³-hybridized carbons (Fsp3) is 0.158. The molecule has 0 radical (unpaired) electrons. The summed E-state index contributed by atoms with van der Waals surface area (Å²) in [5.41, 5.74) is 2.62. The van der Waals surface area contributed by atoms with Gasteiger partial charge in [0.1, 0.15) is 5.75 Å². The van der Waals surface area contributed by atoms with Crippen LogP contribution in [0.3, 0.4) is 0 Å². The van der Waals surface area contributed by atoms with Gasteiger partial charge in [-0.3, -0.25) is 4.79 Å². The van der Waals surface area contributed by atoms with Gasteiger partial charge in [-0.25, -0.2) is 4.98 Å². The van der Waals surface area contributed by atoms with Crippen LogP contribution in [0.5, 0.6) is 5.75 Å². The maximum Gasteiger partial charge on any atom is 0.173 e. The molecule has 0 bridgehead atoms. The lowest BCUT2D eigenvalue weighted by atomic mass is 10.1. The summed E-state index contributed by atoms with van der Waals surface area (Å²) in [7, 11) is 1.59. The largest absolute Gasteiger partial charge is 0.497 e. The van der Waals surface area contributed by atoms with Crippen LogP contribution >= 0.6 is 11.8 Å². The molecule has 0 N–H and O–H groups in total. The van der Waals surface area contributed by atoms with E-state index in [9.17, 15) is 4.79 Å². The molecule has 3 rings (SSSR count). The van der Waals surface area contributed by atoms with Crippen molar-refractivity contribution in [3.8, 4) is 5.75 Å². The monoisotopic (exact) mass is 338 g/mol. The predicted molar refractivity (Wildman–Crippen MR) is 98.0 cm³/mol. The van der Waals surface area contributed by atoms with Crippen molar-refractivity contribution in [1.29, 1.82) is 0 Å². The van der Waals surface area contributed by atoms with Crippen LogP contribution in [0.2, 0.25) is 0 Å². The normalized spacial score (nSPS) is 10.7. The van der Waals surface area contributed by atoms with Crippen LogP contribution < -0.4 is 4.74 Å². The number of thioether (sulfide) groups is 1. The van der Waals surface area contributed by atoms with Crippen molar-refractivity contribution in [3.05, 3.63) is 66.7 Å². The van der Waals surface area contributed by atoms with Crippen LogP contribution in [0.1, 0.15) is 10.4 Å². The number of Topliss-reactive ketones (excluding diaryl/α,β-unsaturated/α-hetero) is 1. The molecule has 0 aliphatic heterocycles. The van der Waals surface area contributed by atoms with Gasteiger partial charge in [-0.15, -0.1) is 6.58 Å². The summed E-state index contributed by atoms with van der Waals surface area (Å²) in [5.74, 6) is 1.06. The van der Waals surface area contributed by atoms with E-state index in [1.54, 1.807) is 19.2 Å². The Morgan fingerprint density at radius 2 is 2.12 bits per heavy atom. The van der Waals surface area contributed by atoms with Crippen molar-refractivity contribution in [2.75, 3.05) is 12.9 Å². The minimum absolute atomic E-state index is 0.0520. The van der Waals surface area contributed by atoms with Crippen molar-refractivity contribution >= 4 is 28.6 Å². The molecular weight excluding hydrogens is 320 g/mol. The van der Waals surface area contributed by atoms with E-state index in [2.05, 4.69) is 16.1 Å². The number of ether oxygens (including phenoxy) is 1. The minimum atomic E-state index is 0.0520. The number of benzene rings is 2. The second-order valence-electron chi connectivity index (χ2n) is 5.23. The zero-order valence-electron chi connectivity index (χ0n) is 13.4. The highest BCUT2D eigenvalue weighted by molar-refractivity contribution is 7.99. The van der Waals surface area contributed by atoms with E-state index >= 15 is 0 Å². The van der Waals surface area contributed by atoms with E-state index in [1.165, 1.54) is 11.8 Å². The summed E-state index contributed by atoms with van der Waals surface area (Å²) in [6, 6.07) is 15.2. The van der Waals surface area contributed by atoms with Crippen molar-refractivity contribution in [1.82, 2.24) is 9.55 Å². The molecule has 0 unspecified atom stereocenters. The van der Waals surface area contributed by atoms with E-state index < -0.39 is 0 Å². The number of nitrogens with zero attached hydrogens (tertiary/aromatic N) is 2. The van der Waals surface area contributed by atoms with Gasteiger partial charge < -0.3 is 9.30 Å². The maximum atomic E-state index is 12.4. The molecule has 0 saturated heterocycles. The first-order valence-corrected chi connectivity index (χ1v) is 8.57. The quantitative estimate of drug-likeness (QED) is 0.368. The Morgan fingerprint density at radius 3 is 2.92 bits per heavy atom. The fourth-order valence-electron chi connectivity index (χ4n) is 2.48. The molecule has 3 aromatic rings. The smallest absolute Gasteiger partial charge is 0.173 e. The number of aromatic nitrogens is 2. The van der Waals surface area contributed by atoms with Crippen LogP contribution in [0.25, 0.3) is 11.0 Å². The highest BCUT2D eigenvalue weighted by Crippen LogP contribution is 2.25. The number of carbonyl (C=O) groups excluding carboxylic acids is 1. The molecule has 1 aromatic heterocycles. The van der Waals surface area contributed by atoms with Gasteiger partial charge in [0.05, 0.1) is 23.9 Å². The van der Waals surface area contributed by atoms with Crippen LogP contribution in [0, 0.1) is 0 Å². The zero-order valence-corrected chi connectivity index (χ0v) is 14.3. The van der Waals surface area contributed by atoms with Gasteiger partial charge >= 0.3 is 0 Å². The van der Waals surface area contributed by atoms with Crippen molar-refractivity contribution in [3.63, 3.8) is 0 Å². The average molecular weight is 338 g/mol. The molecule has 0 atom stereocenters. The van der Waals surface area contributed by atoms with Gasteiger partial charge in [0, 0.05) is 12.1 Å². The van der Waals surface area contributed by atoms with Crippen LogP contribution in [-0.4, -0.2) is 28.2 Å². The summed E-state index contributed by atoms with van der Waals surface area (Å²) >= 11 is 1.44. The van der Waals surface area contributed by atoms with Crippen molar-refractivity contribution < 1.29 is 9.53 Å². The van der Waals surface area contributed by atoms with Gasteiger partial charge in [-0.05, 0) is 24.3 Å². The number of rotatable bonds is 7. The molecule has 0 spiro atoms. The van der Waals surface area contributed by atoms with E-state index in [4.69, 9.17) is 4.74 Å². The molecule has 0 fully saturated rings. The number of imidazole rings is 1. The first-order chi connectivity index (χ1) is 11.7. The fourth-order valence-corrected chi connectivity index (χ4v) is 3.40. The van der Waals surface area contributed by atoms with Gasteiger partial charge in [-0.2, -0.15) is 0 Å². The highest BCUT2D eigenvalue weighted by atomic mass is 32.2. The van der Waals surface area contributed by atoms with Gasteiger partial charge in [0.2, 0.25) is 0 Å². The lowest BCUT2D eigenvalue weighted by Gasteiger charge is -2.06. The first-order valence-electron chi connectivity index (χ1n) is 7.59. The third-order valence-corrected chi connectivity index (χ3v) is 4.63. The van der Waals surface area contributed by atoms with Gasteiger partial charge in [-0.1, -0.05) is 42.1 Å². The molecule has 0 aliphatic rings. The Labute approximate surface area is 145 Å². The Bertz CT molecular complexity index is 886. The van der Waals surface area contributed by atoms with Gasteiger partial charge in [0.25, 0.3) is 0 Å². The van der Waals surface area contributed by atoms with Crippen LogP contribution in [-0.2, 0) is 6.54 Å². The molecule has 0 amide bonds. The Morgan fingerprint density at radius 1 is 1.29 bits per heavy atom. The standard InChI is InChI=1S/C19H18N2O2S/c1-3-11-21-17-10-5-4-9-16(17)20-19(21)24-13-18(22)14-7-6-8-15(12-14)23-2/h3-10,12H,1,11,13H2,2H3. The van der Waals surface area contributed by atoms with E-state index in [0.29, 0.717) is 23.6 Å². The molecule has 5 heteroatoms. The van der Waals surface area contributed by atoms with Gasteiger partial charge in [0.15, 0.2) is 10.9 Å². The van der Waals surface area contributed by atoms with Crippen molar-refractivity contribution in [2.45, 2.75) is 11.7 Å². The third kappa shape index (κ3) is 3.36. The summed E-state index contributed by atoms with van der Waals surface area (Å²) in [5, 5.41) is 0.826. The minimum Gasteiger partial charge on any atom is -0.497 e. The Hall–Kier alpha value is -2.53. The summed E-state index contributed by atoms with van der Waals surface area (Å²) in [6.07, 6.45) is 1.84. The molecule has 122 valence electrons. The number of carbonyl (C=O) groups is 1. The Kier molecular flexibility index (Phi) is 5.01. The Balaban J connectivity index is 1.81. The zero-order chi connectivity index (χ0) is 16.9. The molecule has 4 nitrogen and oxygen atoms in total. The molecule has 1 heterocycles. The lowest BCUT2D eigenvalue weighted by molar-refractivity contribution is 0.102. The van der Waals surface area contributed by atoms with E-state index in [0.717, 1.165) is 16.2 Å². The average Bonchev–Trinajstić information content (AvgIpc) is 2.98. The number of ketones is 1. The molecule has 0 saturated carbocycles. The summed E-state index contributed by atoms with van der Waals surface area (Å²) in [4.78, 5) is 17.1. The lowest BCUT2D eigenvalue weighted by Crippen LogP contribution is -2.05. The third-order valence-electron chi connectivity index (χ3n) is 3.66. The number of methoxy groups -OCH3 is 1. The van der Waals surface area contributed by atoms with E-state index in [-0.39, 0.29) is 5.78 Å². The second-order valence-corrected chi connectivity index (χ2v) is 6.17. The first kappa shape index (κ1) is 16.3. The summed E-state index contributed by atoms with van der Waals surface area (Å²) < 4.78 is 7.25. The molecule has 24 heavy (non-hydrogen) atoms. The molecule has 2 aromatic carbocycles. The number of para-hydroxylation sites is 2. The van der Waals surface area contributed by atoms with E-state index in [1.807, 2.05) is 42.5 Å². The predicted octanol–water partition coefficient (Wildman–Crippen LogP) is 4.21. The second kappa shape index (κ2) is 7.36. The number of hydrogen-bond acceptors (Lipinski definition) is 4.